The van der Waals surface area contributed by atoms with E-state index in [1.54, 1.807) is 16.7 Å². The van der Waals surface area contributed by atoms with Gasteiger partial charge < -0.3 is 0 Å². The highest BCUT2D eigenvalue weighted by Crippen LogP contribution is 2.68. The maximum Gasteiger partial charge on any atom is 0.0196 e. The van der Waals surface area contributed by atoms with Crippen LogP contribution in [0.4, 0.5) is 0 Å². The fraction of sp³-hybridized carbons (Fsp3) is 0.600. The van der Waals surface area contributed by atoms with E-state index in [0.29, 0.717) is 11.3 Å². The Morgan fingerprint density at radius 1 is 0.700 bits per heavy atom. The van der Waals surface area contributed by atoms with Gasteiger partial charge in [-0.25, -0.2) is 0 Å². The van der Waals surface area contributed by atoms with Gasteiger partial charge in [-0.2, -0.15) is 0 Å². The SMILES string of the molecule is CC(C)(C)c1ccc2c(c1)C(C1(C)CCC3=C1C=C(C14CC5CC(CC(C5)C1)C4)C3)c1cc(C(C)(C)C)ccc1-2. The molecule has 0 spiro atoms. The molecule has 4 saturated carbocycles. The zero-order chi connectivity index (χ0) is 27.8. The molecule has 0 N–H and O–H groups in total. The van der Waals surface area contributed by atoms with Crippen molar-refractivity contribution < 1.29 is 0 Å². The molecule has 0 nitrogen and oxygen atoms in total. The van der Waals surface area contributed by atoms with E-state index in [4.69, 9.17) is 0 Å². The number of rotatable bonds is 2. The Morgan fingerprint density at radius 3 is 1.68 bits per heavy atom. The standard InChI is InChI=1S/C40H50/c1-37(2,3)28-8-10-31-32-11-9-29(38(4,5)6)19-34(32)36(33(31)18-28)39(7)13-12-27-17-30(20-35(27)39)40-21-24-14-25(22-40)16-26(15-24)23-40/h8-11,18-20,24-26,36H,12-17,21-23H2,1-7H3. The number of benzene rings is 2. The first-order chi connectivity index (χ1) is 18.8. The minimum absolute atomic E-state index is 0.158. The Balaban J connectivity index is 1.25. The summed E-state index contributed by atoms with van der Waals surface area (Å²) in [6, 6.07) is 15.0. The van der Waals surface area contributed by atoms with Crippen LogP contribution in [-0.2, 0) is 10.8 Å². The third-order valence-corrected chi connectivity index (χ3v) is 12.8. The lowest BCUT2D eigenvalue weighted by Crippen LogP contribution is -2.46. The van der Waals surface area contributed by atoms with Crippen molar-refractivity contribution in [3.05, 3.63) is 81.4 Å². The lowest BCUT2D eigenvalue weighted by Gasteiger charge is -2.57. The van der Waals surface area contributed by atoms with Crippen LogP contribution in [0.25, 0.3) is 11.1 Å². The lowest BCUT2D eigenvalue weighted by atomic mass is 9.47. The fourth-order valence-corrected chi connectivity index (χ4v) is 11.0. The van der Waals surface area contributed by atoms with Gasteiger partial charge in [0.2, 0.25) is 0 Å². The predicted octanol–water partition coefficient (Wildman–Crippen LogP) is 11.0. The van der Waals surface area contributed by atoms with Gasteiger partial charge in [-0.3, -0.25) is 0 Å². The van der Waals surface area contributed by atoms with E-state index >= 15 is 0 Å². The first-order valence-electron chi connectivity index (χ1n) is 16.6. The Kier molecular flexibility index (Phi) is 5.16. The molecule has 40 heavy (non-hydrogen) atoms. The van der Waals surface area contributed by atoms with Crippen molar-refractivity contribution in [1.82, 2.24) is 0 Å². The molecule has 2 aromatic rings. The molecule has 0 heteroatoms. The van der Waals surface area contributed by atoms with Gasteiger partial charge in [0.25, 0.3) is 0 Å². The molecule has 0 amide bonds. The smallest absolute Gasteiger partial charge is 0.0196 e. The molecule has 7 aliphatic carbocycles. The largest absolute Gasteiger partial charge is 0.0623 e. The van der Waals surface area contributed by atoms with Crippen molar-refractivity contribution in [2.75, 3.05) is 0 Å². The number of fused-ring (bicyclic) bond motifs is 3. The Bertz CT molecular complexity index is 1380. The van der Waals surface area contributed by atoms with Crippen LogP contribution in [0.3, 0.4) is 0 Å². The average molecular weight is 531 g/mol. The summed E-state index contributed by atoms with van der Waals surface area (Å²) in [6.45, 7) is 16.9. The molecule has 7 aliphatic rings. The van der Waals surface area contributed by atoms with Crippen LogP contribution >= 0.6 is 0 Å². The zero-order valence-electron chi connectivity index (χ0n) is 26.2. The number of hydrogen-bond donors (Lipinski definition) is 0. The highest BCUT2D eigenvalue weighted by atomic mass is 14.6. The van der Waals surface area contributed by atoms with Crippen molar-refractivity contribution in [2.45, 2.75) is 123 Å². The van der Waals surface area contributed by atoms with Crippen LogP contribution in [-0.4, -0.2) is 0 Å². The monoisotopic (exact) mass is 530 g/mol. The molecule has 2 aromatic carbocycles. The predicted molar refractivity (Wildman–Crippen MR) is 169 cm³/mol. The Morgan fingerprint density at radius 2 is 1.20 bits per heavy atom. The first kappa shape index (κ1) is 25.6. The molecule has 0 aliphatic heterocycles. The van der Waals surface area contributed by atoms with Crippen molar-refractivity contribution in [3.8, 4) is 11.1 Å². The van der Waals surface area contributed by atoms with Gasteiger partial charge in [-0.05, 0) is 131 Å². The molecule has 1 unspecified atom stereocenters. The summed E-state index contributed by atoms with van der Waals surface area (Å²) in [4.78, 5) is 0. The summed E-state index contributed by atoms with van der Waals surface area (Å²) >= 11 is 0. The van der Waals surface area contributed by atoms with Gasteiger partial charge in [-0.15, -0.1) is 0 Å². The topological polar surface area (TPSA) is 0 Å². The lowest BCUT2D eigenvalue weighted by molar-refractivity contribution is -0.0314. The average Bonchev–Trinajstić information content (AvgIpc) is 3.53. The van der Waals surface area contributed by atoms with Gasteiger partial charge >= 0.3 is 0 Å². The van der Waals surface area contributed by atoms with Crippen LogP contribution in [0.1, 0.15) is 134 Å². The van der Waals surface area contributed by atoms with E-state index in [1.807, 2.05) is 11.1 Å². The molecular weight excluding hydrogens is 480 g/mol. The summed E-state index contributed by atoms with van der Waals surface area (Å²) < 4.78 is 0. The maximum atomic E-state index is 2.83. The number of allylic oxidation sites excluding steroid dienone is 4. The maximum absolute atomic E-state index is 2.83. The highest BCUT2D eigenvalue weighted by molar-refractivity contribution is 5.81. The second-order valence-corrected chi connectivity index (χ2v) is 17.5. The molecule has 0 saturated heterocycles. The molecule has 1 atom stereocenters. The van der Waals surface area contributed by atoms with E-state index < -0.39 is 0 Å². The van der Waals surface area contributed by atoms with E-state index in [1.165, 1.54) is 80.0 Å². The molecule has 9 rings (SSSR count). The summed E-state index contributed by atoms with van der Waals surface area (Å²) in [5.74, 6) is 3.51. The van der Waals surface area contributed by atoms with Crippen LogP contribution in [0.5, 0.6) is 0 Å². The van der Waals surface area contributed by atoms with Crippen LogP contribution in [0.15, 0.2) is 59.2 Å². The summed E-state index contributed by atoms with van der Waals surface area (Å²) in [6.07, 6.45) is 15.9. The normalized spacial score (nSPS) is 34.4. The van der Waals surface area contributed by atoms with Crippen molar-refractivity contribution in [1.29, 1.82) is 0 Å². The quantitative estimate of drug-likeness (QED) is 0.362. The Labute approximate surface area is 243 Å². The van der Waals surface area contributed by atoms with E-state index in [-0.39, 0.29) is 16.2 Å². The van der Waals surface area contributed by atoms with Gasteiger partial charge in [0.1, 0.15) is 0 Å². The van der Waals surface area contributed by atoms with E-state index in [0.717, 1.165) is 17.8 Å². The molecule has 4 fully saturated rings. The fourth-order valence-electron chi connectivity index (χ4n) is 11.0. The minimum Gasteiger partial charge on any atom is -0.0623 e. The third-order valence-electron chi connectivity index (χ3n) is 12.8. The minimum atomic E-state index is 0.158. The van der Waals surface area contributed by atoms with Crippen molar-refractivity contribution >= 4 is 0 Å². The molecule has 0 aromatic heterocycles. The van der Waals surface area contributed by atoms with E-state index in [2.05, 4.69) is 90.9 Å². The van der Waals surface area contributed by atoms with Crippen LogP contribution in [0, 0.1) is 28.6 Å². The second kappa shape index (κ2) is 8.05. The van der Waals surface area contributed by atoms with E-state index in [9.17, 15) is 0 Å². The van der Waals surface area contributed by atoms with Gasteiger partial charge in [-0.1, -0.05) is 102 Å². The van der Waals surface area contributed by atoms with Gasteiger partial charge in [0.05, 0.1) is 0 Å². The van der Waals surface area contributed by atoms with Gasteiger partial charge in [0.15, 0.2) is 0 Å². The summed E-state index contributed by atoms with van der Waals surface area (Å²) in [5.41, 5.74) is 15.6. The summed E-state index contributed by atoms with van der Waals surface area (Å²) in [5, 5.41) is 0. The van der Waals surface area contributed by atoms with Crippen molar-refractivity contribution in [2.24, 2.45) is 28.6 Å². The molecule has 210 valence electrons. The molecular formula is C40H50. The highest BCUT2D eigenvalue weighted by Gasteiger charge is 2.55. The summed E-state index contributed by atoms with van der Waals surface area (Å²) in [7, 11) is 0. The van der Waals surface area contributed by atoms with Crippen LogP contribution in [0.2, 0.25) is 0 Å². The van der Waals surface area contributed by atoms with Crippen molar-refractivity contribution in [3.63, 3.8) is 0 Å². The third kappa shape index (κ3) is 3.56. The second-order valence-electron chi connectivity index (χ2n) is 17.5. The van der Waals surface area contributed by atoms with Gasteiger partial charge in [0, 0.05) is 11.3 Å². The molecule has 0 radical (unpaired) electrons. The van der Waals surface area contributed by atoms with Crippen LogP contribution < -0.4 is 0 Å². The first-order valence-corrected chi connectivity index (χ1v) is 16.6. The zero-order valence-corrected chi connectivity index (χ0v) is 26.2. The Hall–Kier alpha value is -2.08. The molecule has 4 bridgehead atoms. The molecule has 0 heterocycles. The number of hydrogen-bond acceptors (Lipinski definition) is 0.